The molecule has 1 rings (SSSR count). The van der Waals surface area contributed by atoms with Crippen molar-refractivity contribution in [1.29, 1.82) is 0 Å². The molecule has 1 aromatic carbocycles. The zero-order valence-corrected chi connectivity index (χ0v) is 12.1. The maximum atomic E-state index is 14.1. The molecule has 2 N–H and O–H groups in total. The molecule has 3 heteroatoms. The average Bonchev–Trinajstić information content (AvgIpc) is 2.26. The van der Waals surface area contributed by atoms with Gasteiger partial charge in [0.2, 0.25) is 0 Å². The first-order chi connectivity index (χ1) is 8.34. The molecule has 0 bridgehead atoms. The first kappa shape index (κ1) is 15.0. The zero-order valence-electron chi connectivity index (χ0n) is 12.1. The molecule has 1 unspecified atom stereocenters. The summed E-state index contributed by atoms with van der Waals surface area (Å²) in [4.78, 5) is 2.01. The van der Waals surface area contributed by atoms with E-state index in [1.807, 2.05) is 24.9 Å². The van der Waals surface area contributed by atoms with Crippen molar-refractivity contribution >= 4 is 5.69 Å². The standard InChI is InChI=1S/C15H25FN2/c1-10(2)9-11(3)18(5)15-13(12(4)17)7-6-8-14(15)16/h6-8,10-12H,9,17H2,1-5H3/t11?,12-/m1/s1. The van der Waals surface area contributed by atoms with E-state index in [0.29, 0.717) is 17.6 Å². The summed E-state index contributed by atoms with van der Waals surface area (Å²) in [5.41, 5.74) is 7.44. The molecule has 0 aliphatic heterocycles. The number of rotatable bonds is 5. The van der Waals surface area contributed by atoms with Crippen LogP contribution in [0.2, 0.25) is 0 Å². The largest absolute Gasteiger partial charge is 0.369 e. The number of nitrogens with zero attached hydrogens (tertiary/aromatic N) is 1. The molecular formula is C15H25FN2. The average molecular weight is 252 g/mol. The van der Waals surface area contributed by atoms with E-state index in [9.17, 15) is 4.39 Å². The van der Waals surface area contributed by atoms with Crippen LogP contribution in [0.4, 0.5) is 10.1 Å². The molecule has 0 heterocycles. The van der Waals surface area contributed by atoms with Crippen LogP contribution in [0.5, 0.6) is 0 Å². The van der Waals surface area contributed by atoms with Gasteiger partial charge in [0, 0.05) is 19.1 Å². The van der Waals surface area contributed by atoms with E-state index in [0.717, 1.165) is 12.0 Å². The van der Waals surface area contributed by atoms with E-state index in [1.54, 1.807) is 6.07 Å². The van der Waals surface area contributed by atoms with Crippen LogP contribution in [-0.2, 0) is 0 Å². The van der Waals surface area contributed by atoms with Gasteiger partial charge in [0.05, 0.1) is 5.69 Å². The summed E-state index contributed by atoms with van der Waals surface area (Å²) in [5, 5.41) is 0. The van der Waals surface area contributed by atoms with Crippen LogP contribution in [0.3, 0.4) is 0 Å². The number of benzene rings is 1. The fraction of sp³-hybridized carbons (Fsp3) is 0.600. The van der Waals surface area contributed by atoms with Crippen molar-refractivity contribution in [2.45, 2.75) is 46.2 Å². The molecule has 0 saturated carbocycles. The fourth-order valence-corrected chi connectivity index (χ4v) is 2.33. The predicted octanol–water partition coefficient (Wildman–Crippen LogP) is 3.72. The summed E-state index contributed by atoms with van der Waals surface area (Å²) in [6, 6.07) is 5.25. The van der Waals surface area contributed by atoms with Crippen molar-refractivity contribution in [3.63, 3.8) is 0 Å². The maximum absolute atomic E-state index is 14.1. The van der Waals surface area contributed by atoms with E-state index in [1.165, 1.54) is 6.07 Å². The molecule has 18 heavy (non-hydrogen) atoms. The molecule has 0 amide bonds. The first-order valence-corrected chi connectivity index (χ1v) is 6.61. The summed E-state index contributed by atoms with van der Waals surface area (Å²) >= 11 is 0. The summed E-state index contributed by atoms with van der Waals surface area (Å²) in [5.74, 6) is 0.399. The van der Waals surface area contributed by atoms with Crippen molar-refractivity contribution in [1.82, 2.24) is 0 Å². The van der Waals surface area contributed by atoms with Gasteiger partial charge < -0.3 is 10.6 Å². The Morgan fingerprint density at radius 3 is 2.33 bits per heavy atom. The van der Waals surface area contributed by atoms with Gasteiger partial charge >= 0.3 is 0 Å². The molecule has 0 aliphatic carbocycles. The quantitative estimate of drug-likeness (QED) is 0.865. The SMILES string of the molecule is CC(C)CC(C)N(C)c1c(F)cccc1[C@@H](C)N. The predicted molar refractivity (Wildman–Crippen MR) is 76.3 cm³/mol. The summed E-state index contributed by atoms with van der Waals surface area (Å²) < 4.78 is 14.1. The zero-order chi connectivity index (χ0) is 13.9. The highest BCUT2D eigenvalue weighted by Gasteiger charge is 2.19. The van der Waals surface area contributed by atoms with Crippen LogP contribution in [0.1, 0.15) is 45.7 Å². The smallest absolute Gasteiger partial charge is 0.146 e. The maximum Gasteiger partial charge on any atom is 0.146 e. The minimum atomic E-state index is -0.192. The minimum absolute atomic E-state index is 0.163. The van der Waals surface area contributed by atoms with Gasteiger partial charge in [-0.1, -0.05) is 26.0 Å². The second kappa shape index (κ2) is 6.19. The Morgan fingerprint density at radius 2 is 1.83 bits per heavy atom. The Labute approximate surface area is 110 Å². The Kier molecular flexibility index (Phi) is 5.15. The highest BCUT2D eigenvalue weighted by atomic mass is 19.1. The first-order valence-electron chi connectivity index (χ1n) is 6.61. The van der Waals surface area contributed by atoms with Gasteiger partial charge in [-0.25, -0.2) is 4.39 Å². The van der Waals surface area contributed by atoms with Crippen molar-refractivity contribution in [2.75, 3.05) is 11.9 Å². The third-order valence-electron chi connectivity index (χ3n) is 3.33. The van der Waals surface area contributed by atoms with Gasteiger partial charge in [0.25, 0.3) is 0 Å². The van der Waals surface area contributed by atoms with E-state index in [-0.39, 0.29) is 11.9 Å². The monoisotopic (exact) mass is 252 g/mol. The van der Waals surface area contributed by atoms with E-state index >= 15 is 0 Å². The molecule has 0 spiro atoms. The Morgan fingerprint density at radius 1 is 1.22 bits per heavy atom. The van der Waals surface area contributed by atoms with E-state index in [4.69, 9.17) is 5.73 Å². The van der Waals surface area contributed by atoms with Crippen LogP contribution in [0.15, 0.2) is 18.2 Å². The molecular weight excluding hydrogens is 227 g/mol. The molecule has 0 aliphatic rings. The number of halogens is 1. The van der Waals surface area contributed by atoms with E-state index in [2.05, 4.69) is 20.8 Å². The minimum Gasteiger partial charge on any atom is -0.369 e. The summed E-state index contributed by atoms with van der Waals surface area (Å²) in [7, 11) is 1.94. The van der Waals surface area contributed by atoms with Crippen LogP contribution in [0, 0.1) is 11.7 Å². The Hall–Kier alpha value is -1.09. The lowest BCUT2D eigenvalue weighted by atomic mass is 10.0. The Balaban J connectivity index is 3.07. The van der Waals surface area contributed by atoms with Crippen molar-refractivity contribution in [3.05, 3.63) is 29.6 Å². The van der Waals surface area contributed by atoms with Crippen molar-refractivity contribution in [2.24, 2.45) is 11.7 Å². The number of anilines is 1. The van der Waals surface area contributed by atoms with Gasteiger partial charge in [-0.3, -0.25) is 0 Å². The third-order valence-corrected chi connectivity index (χ3v) is 3.33. The number of para-hydroxylation sites is 1. The van der Waals surface area contributed by atoms with Crippen LogP contribution >= 0.6 is 0 Å². The van der Waals surface area contributed by atoms with Gasteiger partial charge in [-0.05, 0) is 37.8 Å². The topological polar surface area (TPSA) is 29.3 Å². The fourth-order valence-electron chi connectivity index (χ4n) is 2.33. The van der Waals surface area contributed by atoms with Crippen molar-refractivity contribution in [3.8, 4) is 0 Å². The van der Waals surface area contributed by atoms with E-state index < -0.39 is 0 Å². The lowest BCUT2D eigenvalue weighted by Crippen LogP contribution is -2.32. The Bertz CT molecular complexity index is 388. The molecule has 0 saturated heterocycles. The number of hydrogen-bond donors (Lipinski definition) is 1. The molecule has 2 nitrogen and oxygen atoms in total. The van der Waals surface area contributed by atoms with Crippen LogP contribution in [-0.4, -0.2) is 13.1 Å². The highest BCUT2D eigenvalue weighted by molar-refractivity contribution is 5.56. The number of hydrogen-bond acceptors (Lipinski definition) is 2. The highest BCUT2D eigenvalue weighted by Crippen LogP contribution is 2.30. The molecule has 0 aromatic heterocycles. The van der Waals surface area contributed by atoms with Gasteiger partial charge in [0.15, 0.2) is 0 Å². The van der Waals surface area contributed by atoms with Gasteiger partial charge in [0.1, 0.15) is 5.82 Å². The van der Waals surface area contributed by atoms with Crippen LogP contribution in [0.25, 0.3) is 0 Å². The van der Waals surface area contributed by atoms with Crippen LogP contribution < -0.4 is 10.6 Å². The molecule has 102 valence electrons. The number of nitrogens with two attached hydrogens (primary N) is 1. The van der Waals surface area contributed by atoms with Gasteiger partial charge in [-0.2, -0.15) is 0 Å². The molecule has 1 aromatic rings. The molecule has 0 radical (unpaired) electrons. The molecule has 0 fully saturated rings. The van der Waals surface area contributed by atoms with Gasteiger partial charge in [-0.15, -0.1) is 0 Å². The second-order valence-electron chi connectivity index (χ2n) is 5.56. The lowest BCUT2D eigenvalue weighted by molar-refractivity contribution is 0.496. The summed E-state index contributed by atoms with van der Waals surface area (Å²) in [6.07, 6.45) is 1.03. The molecule has 2 atom stereocenters. The normalized spacial score (nSPS) is 14.7. The third kappa shape index (κ3) is 3.45. The lowest BCUT2D eigenvalue weighted by Gasteiger charge is -2.31. The second-order valence-corrected chi connectivity index (χ2v) is 5.56. The van der Waals surface area contributed by atoms with Crippen molar-refractivity contribution < 1.29 is 4.39 Å². The summed E-state index contributed by atoms with van der Waals surface area (Å²) in [6.45, 7) is 8.37.